The number of carbonyl (C=O) groups is 2. The Hall–Kier alpha value is -2.69. The quantitative estimate of drug-likeness (QED) is 0.643. The van der Waals surface area contributed by atoms with Crippen molar-refractivity contribution in [2.75, 3.05) is 6.61 Å². The van der Waals surface area contributed by atoms with E-state index in [4.69, 9.17) is 9.47 Å². The molecule has 1 atom stereocenters. The van der Waals surface area contributed by atoms with E-state index in [-0.39, 0.29) is 17.6 Å². The molecule has 0 bridgehead atoms. The molecule has 0 aromatic heterocycles. The molecule has 2 aromatic rings. The number of hydrogen-bond acceptors (Lipinski definition) is 4. The van der Waals surface area contributed by atoms with Crippen molar-refractivity contribution in [3.8, 4) is 5.75 Å². The smallest absolute Gasteiger partial charge is 0.347 e. The Morgan fingerprint density at radius 2 is 1.64 bits per heavy atom. The maximum absolute atomic E-state index is 12.9. The predicted molar refractivity (Wildman–Crippen MR) is 76.3 cm³/mol. The minimum atomic E-state index is -0.585. The second-order valence-corrected chi connectivity index (χ2v) is 4.92. The maximum Gasteiger partial charge on any atom is 0.347 e. The molecule has 112 valence electrons. The van der Waals surface area contributed by atoms with Crippen molar-refractivity contribution >= 4 is 11.8 Å². The summed E-state index contributed by atoms with van der Waals surface area (Å²) in [5.74, 6) is -0.457. The minimum absolute atomic E-state index is 0.202. The van der Waals surface area contributed by atoms with Crippen molar-refractivity contribution in [2.24, 2.45) is 0 Å². The molecule has 1 fully saturated rings. The monoisotopic (exact) mass is 300 g/mol. The highest BCUT2D eigenvalue weighted by molar-refractivity contribution is 6.09. The van der Waals surface area contributed by atoms with Gasteiger partial charge in [0.1, 0.15) is 11.6 Å². The molecule has 1 heterocycles. The van der Waals surface area contributed by atoms with Crippen LogP contribution in [0.5, 0.6) is 5.75 Å². The van der Waals surface area contributed by atoms with Crippen LogP contribution in [0.25, 0.3) is 0 Å². The Balaban J connectivity index is 1.72. The van der Waals surface area contributed by atoms with Gasteiger partial charge in [-0.25, -0.2) is 9.18 Å². The fourth-order valence-electron chi connectivity index (χ4n) is 2.20. The first-order valence-corrected chi connectivity index (χ1v) is 6.87. The number of ether oxygens (including phenoxy) is 2. The normalized spacial score (nSPS) is 17.1. The van der Waals surface area contributed by atoms with Crippen LogP contribution in [0.15, 0.2) is 48.5 Å². The van der Waals surface area contributed by atoms with Crippen LogP contribution >= 0.6 is 0 Å². The molecule has 0 amide bonds. The summed E-state index contributed by atoms with van der Waals surface area (Å²) in [6.45, 7) is 0.366. The average Bonchev–Trinajstić information content (AvgIpc) is 2.93. The Morgan fingerprint density at radius 1 is 1.05 bits per heavy atom. The first-order valence-electron chi connectivity index (χ1n) is 6.87. The van der Waals surface area contributed by atoms with Gasteiger partial charge in [0, 0.05) is 17.5 Å². The molecule has 5 heteroatoms. The second kappa shape index (κ2) is 5.97. The number of ketones is 1. The molecule has 2 aromatic carbocycles. The zero-order valence-corrected chi connectivity index (χ0v) is 11.6. The van der Waals surface area contributed by atoms with E-state index in [2.05, 4.69) is 0 Å². The average molecular weight is 300 g/mol. The van der Waals surface area contributed by atoms with Crippen molar-refractivity contribution in [3.05, 3.63) is 65.5 Å². The van der Waals surface area contributed by atoms with E-state index in [1.807, 2.05) is 0 Å². The molecule has 22 heavy (non-hydrogen) atoms. The lowest BCUT2D eigenvalue weighted by molar-refractivity contribution is -0.143. The Morgan fingerprint density at radius 3 is 2.18 bits per heavy atom. The fraction of sp³-hybridized carbons (Fsp3) is 0.176. The topological polar surface area (TPSA) is 52.6 Å². The van der Waals surface area contributed by atoms with Gasteiger partial charge in [-0.15, -0.1) is 0 Å². The summed E-state index contributed by atoms with van der Waals surface area (Å²) < 4.78 is 23.2. The van der Waals surface area contributed by atoms with Crippen LogP contribution in [0, 0.1) is 5.82 Å². The highest BCUT2D eigenvalue weighted by Crippen LogP contribution is 2.20. The van der Waals surface area contributed by atoms with Crippen LogP contribution in [-0.2, 0) is 9.53 Å². The zero-order chi connectivity index (χ0) is 15.5. The van der Waals surface area contributed by atoms with Crippen molar-refractivity contribution < 1.29 is 23.5 Å². The van der Waals surface area contributed by atoms with Gasteiger partial charge in [0.25, 0.3) is 0 Å². The van der Waals surface area contributed by atoms with E-state index in [0.29, 0.717) is 29.9 Å². The van der Waals surface area contributed by atoms with Gasteiger partial charge in [-0.05, 0) is 48.5 Å². The van der Waals surface area contributed by atoms with Gasteiger partial charge in [0.2, 0.25) is 0 Å². The summed E-state index contributed by atoms with van der Waals surface area (Å²) in [7, 11) is 0. The third-order valence-electron chi connectivity index (χ3n) is 3.39. The van der Waals surface area contributed by atoms with Gasteiger partial charge in [-0.3, -0.25) is 4.79 Å². The largest absolute Gasteiger partial charge is 0.479 e. The molecule has 0 saturated carbocycles. The number of rotatable bonds is 4. The zero-order valence-electron chi connectivity index (χ0n) is 11.6. The summed E-state index contributed by atoms with van der Waals surface area (Å²) >= 11 is 0. The van der Waals surface area contributed by atoms with Gasteiger partial charge >= 0.3 is 5.97 Å². The van der Waals surface area contributed by atoms with Gasteiger partial charge in [-0.1, -0.05) is 0 Å². The van der Waals surface area contributed by atoms with E-state index in [1.54, 1.807) is 24.3 Å². The molecular formula is C17H13FO4. The lowest BCUT2D eigenvalue weighted by Gasteiger charge is -2.10. The van der Waals surface area contributed by atoms with E-state index < -0.39 is 6.10 Å². The lowest BCUT2D eigenvalue weighted by atomic mass is 10.0. The number of benzene rings is 2. The molecule has 0 spiro atoms. The molecule has 1 aliphatic rings. The molecule has 3 rings (SSSR count). The van der Waals surface area contributed by atoms with Gasteiger partial charge in [-0.2, -0.15) is 0 Å². The molecule has 1 aliphatic heterocycles. The molecule has 0 unspecified atom stereocenters. The number of cyclic esters (lactones) is 1. The van der Waals surface area contributed by atoms with Crippen molar-refractivity contribution in [3.63, 3.8) is 0 Å². The predicted octanol–water partition coefficient (Wildman–Crippen LogP) is 2.75. The first-order chi connectivity index (χ1) is 10.6. The van der Waals surface area contributed by atoms with Crippen LogP contribution in [0.3, 0.4) is 0 Å². The number of carbonyl (C=O) groups excluding carboxylic acids is 2. The highest BCUT2D eigenvalue weighted by atomic mass is 19.1. The Bertz CT molecular complexity index is 692. The summed E-state index contributed by atoms with van der Waals surface area (Å²) in [6, 6.07) is 11.9. The van der Waals surface area contributed by atoms with Crippen LogP contribution < -0.4 is 4.74 Å². The molecular weight excluding hydrogens is 287 g/mol. The molecule has 4 nitrogen and oxygen atoms in total. The third kappa shape index (κ3) is 2.98. The second-order valence-electron chi connectivity index (χ2n) is 4.92. The Kier molecular flexibility index (Phi) is 3.87. The van der Waals surface area contributed by atoms with Crippen LogP contribution in [-0.4, -0.2) is 24.5 Å². The van der Waals surface area contributed by atoms with Crippen LogP contribution in [0.2, 0.25) is 0 Å². The van der Waals surface area contributed by atoms with Crippen molar-refractivity contribution in [1.82, 2.24) is 0 Å². The third-order valence-corrected chi connectivity index (χ3v) is 3.39. The number of hydrogen-bond donors (Lipinski definition) is 0. The standard InChI is InChI=1S/C17H13FO4/c18-13-5-1-11(2-6-13)16(19)12-3-7-14(8-4-12)22-15-9-10-21-17(15)20/h1-8,15H,9-10H2/t15-/m1/s1. The van der Waals surface area contributed by atoms with Crippen molar-refractivity contribution in [2.45, 2.75) is 12.5 Å². The summed E-state index contributed by atoms with van der Waals surface area (Å²) in [4.78, 5) is 23.6. The Labute approximate surface area is 126 Å². The molecule has 1 saturated heterocycles. The highest BCUT2D eigenvalue weighted by Gasteiger charge is 2.28. The first kappa shape index (κ1) is 14.3. The van der Waals surface area contributed by atoms with E-state index in [1.165, 1.54) is 24.3 Å². The number of esters is 1. The SMILES string of the molecule is O=C(c1ccc(F)cc1)c1ccc(O[C@@H]2CCOC2=O)cc1. The van der Waals surface area contributed by atoms with Gasteiger partial charge in [0.15, 0.2) is 11.9 Å². The number of halogens is 1. The van der Waals surface area contributed by atoms with E-state index >= 15 is 0 Å². The molecule has 0 N–H and O–H groups in total. The summed E-state index contributed by atoms with van der Waals surface area (Å²) in [5.41, 5.74) is 0.877. The maximum atomic E-state index is 12.9. The van der Waals surface area contributed by atoms with Crippen molar-refractivity contribution in [1.29, 1.82) is 0 Å². The van der Waals surface area contributed by atoms with E-state index in [0.717, 1.165) is 0 Å². The summed E-state index contributed by atoms with van der Waals surface area (Å²) in [5, 5.41) is 0. The van der Waals surface area contributed by atoms with Crippen LogP contribution in [0.1, 0.15) is 22.3 Å². The van der Waals surface area contributed by atoms with Crippen LogP contribution in [0.4, 0.5) is 4.39 Å². The van der Waals surface area contributed by atoms with E-state index in [9.17, 15) is 14.0 Å². The molecule has 0 radical (unpaired) electrons. The lowest BCUT2D eigenvalue weighted by Crippen LogP contribution is -2.21. The fourth-order valence-corrected chi connectivity index (χ4v) is 2.20. The summed E-state index contributed by atoms with van der Waals surface area (Å²) in [6.07, 6.45) is -0.0617. The molecule has 0 aliphatic carbocycles. The van der Waals surface area contributed by atoms with Gasteiger partial charge in [0.05, 0.1) is 6.61 Å². The minimum Gasteiger partial charge on any atom is -0.479 e. The van der Waals surface area contributed by atoms with Gasteiger partial charge < -0.3 is 9.47 Å².